The number of methoxy groups -OCH3 is 1. The molecule has 130 valence electrons. The molecule has 1 unspecified atom stereocenters. The molecule has 0 N–H and O–H groups in total. The van der Waals surface area contributed by atoms with E-state index in [4.69, 9.17) is 14.2 Å². The van der Waals surface area contributed by atoms with Crippen molar-refractivity contribution in [2.24, 2.45) is 11.8 Å². The Bertz CT molecular complexity index is 330. The van der Waals surface area contributed by atoms with Crippen molar-refractivity contribution < 1.29 is 23.8 Å². The number of carbonyl (C=O) groups is 2. The van der Waals surface area contributed by atoms with Crippen LogP contribution in [0, 0.1) is 11.8 Å². The molecule has 0 heterocycles. The largest absolute Gasteiger partial charge is 0.464 e. The molecule has 0 saturated carbocycles. The van der Waals surface area contributed by atoms with Crippen molar-refractivity contribution in [2.45, 2.75) is 46.6 Å². The van der Waals surface area contributed by atoms with E-state index in [-0.39, 0.29) is 18.5 Å². The van der Waals surface area contributed by atoms with E-state index in [1.54, 1.807) is 7.05 Å². The van der Waals surface area contributed by atoms with E-state index in [0.717, 1.165) is 12.8 Å². The maximum atomic E-state index is 12.2. The quantitative estimate of drug-likeness (QED) is 0.458. The topological polar surface area (TPSA) is 65.1 Å². The van der Waals surface area contributed by atoms with Gasteiger partial charge in [-0.1, -0.05) is 27.7 Å². The van der Waals surface area contributed by atoms with Gasteiger partial charge < -0.3 is 14.2 Å². The molecular weight excluding hydrogens is 286 g/mol. The summed E-state index contributed by atoms with van der Waals surface area (Å²) in [6.45, 7) is 8.87. The van der Waals surface area contributed by atoms with Crippen LogP contribution in [0.1, 0.15) is 40.5 Å². The van der Waals surface area contributed by atoms with E-state index in [9.17, 15) is 9.59 Å². The van der Waals surface area contributed by atoms with E-state index in [1.807, 2.05) is 13.8 Å². The Morgan fingerprint density at radius 3 is 2.14 bits per heavy atom. The molecular formula is C16H31NO5. The lowest BCUT2D eigenvalue weighted by molar-refractivity contribution is -0.150. The van der Waals surface area contributed by atoms with Crippen LogP contribution < -0.4 is 0 Å². The van der Waals surface area contributed by atoms with Crippen molar-refractivity contribution in [1.82, 2.24) is 4.90 Å². The number of esters is 1. The molecule has 0 radical (unpaired) electrons. The number of nitrogens with zero attached hydrogens (tertiary/aromatic N) is 1. The lowest BCUT2D eigenvalue weighted by Gasteiger charge is -2.28. The van der Waals surface area contributed by atoms with E-state index in [0.29, 0.717) is 19.1 Å². The second kappa shape index (κ2) is 11.3. The minimum absolute atomic E-state index is 0.0578. The van der Waals surface area contributed by atoms with Crippen LogP contribution >= 0.6 is 0 Å². The summed E-state index contributed by atoms with van der Waals surface area (Å²) in [5.41, 5.74) is 0. The summed E-state index contributed by atoms with van der Waals surface area (Å²) in [5.74, 6) is 0.139. The minimum Gasteiger partial charge on any atom is -0.464 e. The van der Waals surface area contributed by atoms with Crippen LogP contribution in [0.5, 0.6) is 0 Å². The van der Waals surface area contributed by atoms with Gasteiger partial charge in [0.2, 0.25) is 0 Å². The minimum atomic E-state index is -0.644. The number of hydrogen-bond donors (Lipinski definition) is 0. The van der Waals surface area contributed by atoms with Gasteiger partial charge in [-0.05, 0) is 24.7 Å². The molecule has 6 nitrogen and oxygen atoms in total. The summed E-state index contributed by atoms with van der Waals surface area (Å²) >= 11 is 0. The molecule has 0 fully saturated rings. The van der Waals surface area contributed by atoms with Gasteiger partial charge in [-0.25, -0.2) is 9.59 Å². The summed E-state index contributed by atoms with van der Waals surface area (Å²) in [6.07, 6.45) is 1.29. The summed E-state index contributed by atoms with van der Waals surface area (Å²) in [7, 11) is 3.08. The third-order valence-electron chi connectivity index (χ3n) is 3.26. The molecule has 0 aliphatic heterocycles. The predicted molar refractivity (Wildman–Crippen MR) is 84.6 cm³/mol. The number of ether oxygens (including phenoxy) is 3. The normalized spacial score (nSPS) is 12.4. The second-order valence-electron chi connectivity index (χ2n) is 6.11. The molecule has 0 aromatic heterocycles. The molecule has 0 bridgehead atoms. The van der Waals surface area contributed by atoms with Gasteiger partial charge in [-0.3, -0.25) is 4.90 Å². The third-order valence-corrected chi connectivity index (χ3v) is 3.26. The van der Waals surface area contributed by atoms with Gasteiger partial charge in [-0.2, -0.15) is 0 Å². The average molecular weight is 317 g/mol. The van der Waals surface area contributed by atoms with Gasteiger partial charge in [0.1, 0.15) is 12.6 Å². The first-order valence-corrected chi connectivity index (χ1v) is 7.86. The first-order valence-electron chi connectivity index (χ1n) is 7.86. The molecule has 0 aliphatic carbocycles. The highest BCUT2D eigenvalue weighted by atomic mass is 16.6. The number of rotatable bonds is 10. The zero-order chi connectivity index (χ0) is 17.1. The standard InChI is InChI=1S/C16H31NO5/c1-12(2)8-7-9-21-15(18)14(13(3)4)17(5)16(19)22-11-10-20-6/h12-14H,7-11H2,1-6H3. The van der Waals surface area contributed by atoms with Gasteiger partial charge in [0, 0.05) is 14.2 Å². The number of amides is 1. The fourth-order valence-electron chi connectivity index (χ4n) is 2.05. The van der Waals surface area contributed by atoms with Crippen LogP contribution in [0.2, 0.25) is 0 Å². The Morgan fingerprint density at radius 1 is 1.00 bits per heavy atom. The highest BCUT2D eigenvalue weighted by Crippen LogP contribution is 2.13. The molecule has 1 atom stereocenters. The number of hydrogen-bond acceptors (Lipinski definition) is 5. The molecule has 1 amide bonds. The van der Waals surface area contributed by atoms with Crippen LogP contribution in [0.4, 0.5) is 4.79 Å². The SMILES string of the molecule is COCCOC(=O)N(C)C(C(=O)OCCCC(C)C)C(C)C. The van der Waals surface area contributed by atoms with Crippen molar-refractivity contribution in [2.75, 3.05) is 34.0 Å². The van der Waals surface area contributed by atoms with E-state index >= 15 is 0 Å². The molecule has 0 aromatic carbocycles. The van der Waals surface area contributed by atoms with Crippen molar-refractivity contribution >= 4 is 12.1 Å². The Morgan fingerprint density at radius 2 is 1.64 bits per heavy atom. The van der Waals surface area contributed by atoms with Crippen molar-refractivity contribution in [3.63, 3.8) is 0 Å². The summed E-state index contributed by atoms with van der Waals surface area (Å²) < 4.78 is 15.2. The highest BCUT2D eigenvalue weighted by molar-refractivity contribution is 5.81. The fraction of sp³-hybridized carbons (Fsp3) is 0.875. The van der Waals surface area contributed by atoms with Gasteiger partial charge >= 0.3 is 12.1 Å². The van der Waals surface area contributed by atoms with Crippen LogP contribution in [0.3, 0.4) is 0 Å². The maximum absolute atomic E-state index is 12.2. The monoisotopic (exact) mass is 317 g/mol. The van der Waals surface area contributed by atoms with E-state index < -0.39 is 12.1 Å². The summed E-state index contributed by atoms with van der Waals surface area (Å²) in [6, 6.07) is -0.644. The van der Waals surface area contributed by atoms with Crippen LogP contribution in [0.15, 0.2) is 0 Å². The molecule has 0 aliphatic rings. The highest BCUT2D eigenvalue weighted by Gasteiger charge is 2.32. The van der Waals surface area contributed by atoms with Crippen molar-refractivity contribution in [1.29, 1.82) is 0 Å². The first-order chi connectivity index (χ1) is 10.3. The smallest absolute Gasteiger partial charge is 0.410 e. The van der Waals surface area contributed by atoms with Gasteiger partial charge in [0.05, 0.1) is 13.2 Å². The van der Waals surface area contributed by atoms with E-state index in [1.165, 1.54) is 12.0 Å². The fourth-order valence-corrected chi connectivity index (χ4v) is 2.05. The molecule has 6 heteroatoms. The summed E-state index contributed by atoms with van der Waals surface area (Å²) in [4.78, 5) is 25.4. The van der Waals surface area contributed by atoms with Crippen molar-refractivity contribution in [3.05, 3.63) is 0 Å². The third kappa shape index (κ3) is 8.22. The predicted octanol–water partition coefficient (Wildman–Crippen LogP) is 2.71. The van der Waals surface area contributed by atoms with Crippen LogP contribution in [-0.4, -0.2) is 57.0 Å². The number of carbonyl (C=O) groups excluding carboxylic acids is 2. The molecule has 0 rings (SSSR count). The first kappa shape index (κ1) is 20.7. The Kier molecular flexibility index (Phi) is 10.6. The molecule has 22 heavy (non-hydrogen) atoms. The zero-order valence-corrected chi connectivity index (χ0v) is 14.8. The van der Waals surface area contributed by atoms with Gasteiger partial charge in [-0.15, -0.1) is 0 Å². The second-order valence-corrected chi connectivity index (χ2v) is 6.11. The van der Waals surface area contributed by atoms with Gasteiger partial charge in [0.15, 0.2) is 0 Å². The average Bonchev–Trinajstić information content (AvgIpc) is 2.43. The molecule has 0 spiro atoms. The Hall–Kier alpha value is -1.30. The van der Waals surface area contributed by atoms with Crippen LogP contribution in [0.25, 0.3) is 0 Å². The van der Waals surface area contributed by atoms with Crippen molar-refractivity contribution in [3.8, 4) is 0 Å². The zero-order valence-electron chi connectivity index (χ0n) is 14.8. The molecule has 0 saturated heterocycles. The lowest BCUT2D eigenvalue weighted by atomic mass is 10.0. The maximum Gasteiger partial charge on any atom is 0.410 e. The number of likely N-dealkylation sites (N-methyl/N-ethyl adjacent to an activating group) is 1. The summed E-state index contributed by atoms with van der Waals surface area (Å²) in [5, 5.41) is 0. The van der Waals surface area contributed by atoms with E-state index in [2.05, 4.69) is 13.8 Å². The molecule has 0 aromatic rings. The Balaban J connectivity index is 4.43. The van der Waals surface area contributed by atoms with Gasteiger partial charge in [0.25, 0.3) is 0 Å². The lowest BCUT2D eigenvalue weighted by Crippen LogP contribution is -2.47. The Labute approximate surface area is 134 Å². The van der Waals surface area contributed by atoms with Crippen LogP contribution in [-0.2, 0) is 19.0 Å².